The standard InChI is InChI=1S/C17H17N5O/c1-11-7-4-5-9-14(11)22-13(3)16(20-21-22)17(23)19-15-10-6-8-12(2)18-15/h4-10H,1-3H3,(H,18,19,23). The highest BCUT2D eigenvalue weighted by Gasteiger charge is 2.18. The van der Waals surface area contributed by atoms with E-state index in [1.54, 1.807) is 10.7 Å². The van der Waals surface area contributed by atoms with Crippen molar-refractivity contribution < 1.29 is 4.79 Å². The quantitative estimate of drug-likeness (QED) is 0.807. The third kappa shape index (κ3) is 2.96. The van der Waals surface area contributed by atoms with Crippen molar-refractivity contribution in [2.24, 2.45) is 0 Å². The van der Waals surface area contributed by atoms with Gasteiger partial charge in [-0.15, -0.1) is 5.10 Å². The monoisotopic (exact) mass is 307 g/mol. The molecule has 6 heteroatoms. The highest BCUT2D eigenvalue weighted by Crippen LogP contribution is 2.16. The van der Waals surface area contributed by atoms with E-state index in [0.717, 1.165) is 16.9 Å². The molecule has 0 fully saturated rings. The van der Waals surface area contributed by atoms with Crippen molar-refractivity contribution in [2.45, 2.75) is 20.8 Å². The average Bonchev–Trinajstić information content (AvgIpc) is 2.89. The number of benzene rings is 1. The topological polar surface area (TPSA) is 72.7 Å². The molecule has 0 bridgehead atoms. The van der Waals surface area contributed by atoms with E-state index in [2.05, 4.69) is 20.6 Å². The van der Waals surface area contributed by atoms with Crippen LogP contribution in [0.4, 0.5) is 5.82 Å². The first-order valence-corrected chi connectivity index (χ1v) is 7.29. The number of aromatic nitrogens is 4. The van der Waals surface area contributed by atoms with Gasteiger partial charge < -0.3 is 5.32 Å². The molecule has 1 aromatic carbocycles. The summed E-state index contributed by atoms with van der Waals surface area (Å²) in [4.78, 5) is 16.7. The molecule has 6 nitrogen and oxygen atoms in total. The maximum absolute atomic E-state index is 12.4. The Balaban J connectivity index is 1.90. The van der Waals surface area contributed by atoms with Crippen molar-refractivity contribution in [3.05, 3.63) is 65.1 Å². The van der Waals surface area contributed by atoms with Crippen LogP contribution < -0.4 is 5.32 Å². The molecular formula is C17H17N5O. The van der Waals surface area contributed by atoms with Gasteiger partial charge in [0.1, 0.15) is 5.82 Å². The first-order valence-electron chi connectivity index (χ1n) is 7.29. The molecule has 0 aliphatic carbocycles. The van der Waals surface area contributed by atoms with Gasteiger partial charge in [0, 0.05) is 5.69 Å². The molecule has 0 unspecified atom stereocenters. The Morgan fingerprint density at radius 3 is 2.57 bits per heavy atom. The molecule has 3 aromatic rings. The highest BCUT2D eigenvalue weighted by atomic mass is 16.2. The lowest BCUT2D eigenvalue weighted by Gasteiger charge is -2.07. The van der Waals surface area contributed by atoms with Crippen molar-refractivity contribution in [1.29, 1.82) is 0 Å². The van der Waals surface area contributed by atoms with Crippen LogP contribution in [0, 0.1) is 20.8 Å². The summed E-state index contributed by atoms with van der Waals surface area (Å²) in [5.74, 6) is 0.181. The molecule has 116 valence electrons. The fraction of sp³-hybridized carbons (Fsp3) is 0.176. The van der Waals surface area contributed by atoms with Gasteiger partial charge in [0.2, 0.25) is 0 Å². The Labute approximate surface area is 134 Å². The van der Waals surface area contributed by atoms with Crippen LogP contribution in [0.5, 0.6) is 0 Å². The van der Waals surface area contributed by atoms with Crippen molar-refractivity contribution >= 4 is 11.7 Å². The molecule has 0 atom stereocenters. The van der Waals surface area contributed by atoms with Crippen LogP contribution in [0.25, 0.3) is 5.69 Å². The second kappa shape index (κ2) is 6.00. The summed E-state index contributed by atoms with van der Waals surface area (Å²) in [5.41, 5.74) is 3.78. The molecule has 1 amide bonds. The molecule has 0 saturated carbocycles. The number of amides is 1. The minimum absolute atomic E-state index is 0.288. The van der Waals surface area contributed by atoms with Crippen LogP contribution in [0.15, 0.2) is 42.5 Å². The summed E-state index contributed by atoms with van der Waals surface area (Å²) >= 11 is 0. The summed E-state index contributed by atoms with van der Waals surface area (Å²) in [6.07, 6.45) is 0. The van der Waals surface area contributed by atoms with Crippen LogP contribution in [-0.2, 0) is 0 Å². The Kier molecular flexibility index (Phi) is 3.89. The number of anilines is 1. The number of carbonyl (C=O) groups excluding carboxylic acids is 1. The zero-order chi connectivity index (χ0) is 16.4. The highest BCUT2D eigenvalue weighted by molar-refractivity contribution is 6.03. The largest absolute Gasteiger partial charge is 0.305 e. The van der Waals surface area contributed by atoms with Gasteiger partial charge in [-0.1, -0.05) is 29.5 Å². The second-order valence-electron chi connectivity index (χ2n) is 5.34. The lowest BCUT2D eigenvalue weighted by Crippen LogP contribution is -2.15. The lowest BCUT2D eigenvalue weighted by atomic mass is 10.2. The van der Waals surface area contributed by atoms with Gasteiger partial charge in [-0.25, -0.2) is 9.67 Å². The molecule has 3 rings (SSSR count). The minimum Gasteiger partial charge on any atom is -0.305 e. The molecule has 0 aliphatic rings. The van der Waals surface area contributed by atoms with Gasteiger partial charge in [0.25, 0.3) is 5.91 Å². The Morgan fingerprint density at radius 2 is 1.83 bits per heavy atom. The van der Waals surface area contributed by atoms with Gasteiger partial charge in [-0.05, 0) is 44.5 Å². The number of rotatable bonds is 3. The zero-order valence-electron chi connectivity index (χ0n) is 13.2. The van der Waals surface area contributed by atoms with E-state index >= 15 is 0 Å². The van der Waals surface area contributed by atoms with E-state index in [1.807, 2.05) is 57.2 Å². The zero-order valence-corrected chi connectivity index (χ0v) is 13.2. The van der Waals surface area contributed by atoms with Crippen LogP contribution in [0.1, 0.15) is 27.4 Å². The van der Waals surface area contributed by atoms with Crippen molar-refractivity contribution in [3.8, 4) is 5.69 Å². The predicted octanol–water partition coefficient (Wildman–Crippen LogP) is 2.84. The van der Waals surface area contributed by atoms with Gasteiger partial charge in [-0.3, -0.25) is 4.79 Å². The number of pyridine rings is 1. The second-order valence-corrected chi connectivity index (χ2v) is 5.34. The van der Waals surface area contributed by atoms with Gasteiger partial charge in [0.05, 0.1) is 11.4 Å². The number of nitrogens with zero attached hydrogens (tertiary/aromatic N) is 4. The number of hydrogen-bond acceptors (Lipinski definition) is 4. The number of carbonyl (C=O) groups is 1. The first-order chi connectivity index (χ1) is 11.1. The molecule has 0 saturated heterocycles. The normalized spacial score (nSPS) is 10.6. The Bertz CT molecular complexity index is 869. The molecule has 0 radical (unpaired) electrons. The third-order valence-electron chi connectivity index (χ3n) is 3.58. The summed E-state index contributed by atoms with van der Waals surface area (Å²) in [5, 5.41) is 10.9. The lowest BCUT2D eigenvalue weighted by molar-refractivity contribution is 0.102. The maximum Gasteiger partial charge on any atom is 0.279 e. The van der Waals surface area contributed by atoms with Crippen molar-refractivity contribution in [2.75, 3.05) is 5.32 Å². The summed E-state index contributed by atoms with van der Waals surface area (Å²) in [6.45, 7) is 5.69. The summed E-state index contributed by atoms with van der Waals surface area (Å²) < 4.78 is 1.67. The van der Waals surface area contributed by atoms with E-state index < -0.39 is 0 Å². The van der Waals surface area contributed by atoms with Gasteiger partial charge in [0.15, 0.2) is 5.69 Å². The Morgan fingerprint density at radius 1 is 1.04 bits per heavy atom. The van der Waals surface area contributed by atoms with Crippen LogP contribution >= 0.6 is 0 Å². The van der Waals surface area contributed by atoms with E-state index in [1.165, 1.54) is 0 Å². The average molecular weight is 307 g/mol. The van der Waals surface area contributed by atoms with E-state index in [4.69, 9.17) is 0 Å². The number of nitrogens with one attached hydrogen (secondary N) is 1. The number of hydrogen-bond donors (Lipinski definition) is 1. The smallest absolute Gasteiger partial charge is 0.279 e. The van der Waals surface area contributed by atoms with Crippen LogP contribution in [0.2, 0.25) is 0 Å². The summed E-state index contributed by atoms with van der Waals surface area (Å²) in [7, 11) is 0. The molecule has 2 heterocycles. The summed E-state index contributed by atoms with van der Waals surface area (Å²) in [6, 6.07) is 13.3. The van der Waals surface area contributed by atoms with Gasteiger partial charge in [-0.2, -0.15) is 0 Å². The van der Waals surface area contributed by atoms with E-state index in [0.29, 0.717) is 11.5 Å². The predicted molar refractivity (Wildman–Crippen MR) is 87.8 cm³/mol. The van der Waals surface area contributed by atoms with Crippen LogP contribution in [-0.4, -0.2) is 25.9 Å². The van der Waals surface area contributed by atoms with Crippen molar-refractivity contribution in [1.82, 2.24) is 20.0 Å². The SMILES string of the molecule is Cc1cccc(NC(=O)c2nnn(-c3ccccc3C)c2C)n1. The fourth-order valence-electron chi connectivity index (χ4n) is 2.36. The Hall–Kier alpha value is -3.02. The molecule has 0 spiro atoms. The van der Waals surface area contributed by atoms with Crippen LogP contribution in [0.3, 0.4) is 0 Å². The van der Waals surface area contributed by atoms with Crippen molar-refractivity contribution in [3.63, 3.8) is 0 Å². The molecular weight excluding hydrogens is 290 g/mol. The number of para-hydroxylation sites is 1. The maximum atomic E-state index is 12.4. The molecule has 2 aromatic heterocycles. The van der Waals surface area contributed by atoms with E-state index in [9.17, 15) is 4.79 Å². The first kappa shape index (κ1) is 14.9. The third-order valence-corrected chi connectivity index (χ3v) is 3.58. The van der Waals surface area contributed by atoms with E-state index in [-0.39, 0.29) is 11.6 Å². The number of aryl methyl sites for hydroxylation is 2. The molecule has 0 aliphatic heterocycles. The fourth-order valence-corrected chi connectivity index (χ4v) is 2.36. The van der Waals surface area contributed by atoms with Gasteiger partial charge >= 0.3 is 0 Å². The molecule has 23 heavy (non-hydrogen) atoms. The minimum atomic E-state index is -0.319. The molecule has 1 N–H and O–H groups in total.